The highest BCUT2D eigenvalue weighted by Gasteiger charge is 2.40. The number of nitrogens with one attached hydrogen (secondary N) is 1. The van der Waals surface area contributed by atoms with Crippen LogP contribution in [0.5, 0.6) is 0 Å². The molecule has 0 radical (unpaired) electrons. The average Bonchev–Trinajstić information content (AvgIpc) is 2.98. The van der Waals surface area contributed by atoms with E-state index in [0.29, 0.717) is 12.0 Å². The van der Waals surface area contributed by atoms with Crippen LogP contribution < -0.4 is 5.32 Å². The van der Waals surface area contributed by atoms with Crippen molar-refractivity contribution in [2.75, 3.05) is 26.9 Å². The fourth-order valence-corrected chi connectivity index (χ4v) is 4.42. The van der Waals surface area contributed by atoms with E-state index in [9.17, 15) is 0 Å². The summed E-state index contributed by atoms with van der Waals surface area (Å²) in [7, 11) is 2.10. The summed E-state index contributed by atoms with van der Waals surface area (Å²) in [5.41, 5.74) is 0.103. The van der Waals surface area contributed by atoms with E-state index >= 15 is 0 Å². The first kappa shape index (κ1) is 14.5. The van der Waals surface area contributed by atoms with Crippen molar-refractivity contribution in [3.05, 3.63) is 22.4 Å². The van der Waals surface area contributed by atoms with E-state index in [1.54, 1.807) is 0 Å². The first-order chi connectivity index (χ1) is 9.81. The van der Waals surface area contributed by atoms with Crippen LogP contribution in [0.2, 0.25) is 0 Å². The summed E-state index contributed by atoms with van der Waals surface area (Å²) in [6, 6.07) is 4.96. The number of rotatable bonds is 4. The molecule has 1 aromatic heterocycles. The van der Waals surface area contributed by atoms with Crippen LogP contribution in [0.15, 0.2) is 17.5 Å². The van der Waals surface area contributed by atoms with Gasteiger partial charge >= 0.3 is 0 Å². The van der Waals surface area contributed by atoms with Gasteiger partial charge in [-0.15, -0.1) is 11.3 Å². The Balaban J connectivity index is 1.65. The first-order valence-corrected chi connectivity index (χ1v) is 8.61. The van der Waals surface area contributed by atoms with Crippen LogP contribution in [-0.4, -0.2) is 38.5 Å². The third-order valence-corrected chi connectivity index (χ3v) is 5.77. The normalized spacial score (nSPS) is 27.6. The summed E-state index contributed by atoms with van der Waals surface area (Å²) in [6.07, 6.45) is 5.65. The second-order valence-corrected chi connectivity index (χ2v) is 7.11. The Bertz CT molecular complexity index is 395. The highest BCUT2D eigenvalue weighted by Crippen LogP contribution is 2.38. The maximum Gasteiger partial charge on any atom is 0.0729 e. The van der Waals surface area contributed by atoms with Crippen molar-refractivity contribution < 1.29 is 9.47 Å². The molecule has 0 aromatic carbocycles. The van der Waals surface area contributed by atoms with Crippen molar-refractivity contribution in [1.29, 1.82) is 0 Å². The fraction of sp³-hybridized carbons (Fsp3) is 0.750. The smallest absolute Gasteiger partial charge is 0.0729 e. The van der Waals surface area contributed by atoms with Crippen molar-refractivity contribution in [3.63, 3.8) is 0 Å². The van der Waals surface area contributed by atoms with Gasteiger partial charge in [0.25, 0.3) is 0 Å². The number of hydrogen-bond acceptors (Lipinski definition) is 4. The minimum atomic E-state index is 0.103. The second kappa shape index (κ2) is 6.56. The van der Waals surface area contributed by atoms with E-state index in [-0.39, 0.29) is 5.60 Å². The molecule has 0 saturated carbocycles. The maximum absolute atomic E-state index is 6.16. The van der Waals surface area contributed by atoms with Crippen LogP contribution in [0, 0.1) is 5.92 Å². The van der Waals surface area contributed by atoms with Crippen LogP contribution in [-0.2, 0) is 15.9 Å². The van der Waals surface area contributed by atoms with E-state index in [4.69, 9.17) is 9.47 Å². The van der Waals surface area contributed by atoms with Crippen LogP contribution >= 0.6 is 11.3 Å². The molecule has 2 fully saturated rings. The molecule has 3 heterocycles. The van der Waals surface area contributed by atoms with Gasteiger partial charge < -0.3 is 14.8 Å². The molecule has 2 atom stereocenters. The summed E-state index contributed by atoms with van der Waals surface area (Å²) in [6.45, 7) is 2.64. The number of ether oxygens (including phenoxy) is 2. The highest BCUT2D eigenvalue weighted by molar-refractivity contribution is 7.09. The molecular formula is C16H25NO2S. The first-order valence-electron chi connectivity index (χ1n) is 7.73. The average molecular weight is 295 g/mol. The van der Waals surface area contributed by atoms with Crippen molar-refractivity contribution in [1.82, 2.24) is 5.32 Å². The topological polar surface area (TPSA) is 30.5 Å². The quantitative estimate of drug-likeness (QED) is 0.926. The Labute approximate surface area is 125 Å². The Morgan fingerprint density at radius 2 is 2.25 bits per heavy atom. The van der Waals surface area contributed by atoms with E-state index in [1.807, 2.05) is 11.3 Å². The molecule has 3 rings (SSSR count). The SMILES string of the molecule is CNC(Cc1cccs1)C1CCOC2(CCOCC2)C1. The summed E-state index contributed by atoms with van der Waals surface area (Å²) >= 11 is 1.87. The molecule has 0 aliphatic carbocycles. The van der Waals surface area contributed by atoms with Gasteiger partial charge in [-0.25, -0.2) is 0 Å². The Hall–Kier alpha value is -0.420. The lowest BCUT2D eigenvalue weighted by Gasteiger charge is -2.45. The summed E-state index contributed by atoms with van der Waals surface area (Å²) in [5, 5.41) is 5.72. The van der Waals surface area contributed by atoms with Gasteiger partial charge in [0.2, 0.25) is 0 Å². The Morgan fingerprint density at radius 1 is 1.40 bits per heavy atom. The highest BCUT2D eigenvalue weighted by atomic mass is 32.1. The standard InChI is InChI=1S/C16H25NO2S/c1-17-15(11-14-3-2-10-20-14)13-4-7-19-16(12-13)5-8-18-9-6-16/h2-3,10,13,15,17H,4-9,11-12H2,1H3. The zero-order valence-corrected chi connectivity index (χ0v) is 13.1. The van der Waals surface area contributed by atoms with Crippen LogP contribution in [0.4, 0.5) is 0 Å². The fourth-order valence-electron chi connectivity index (χ4n) is 3.65. The van der Waals surface area contributed by atoms with E-state index < -0.39 is 0 Å². The van der Waals surface area contributed by atoms with Crippen molar-refractivity contribution >= 4 is 11.3 Å². The molecule has 1 N–H and O–H groups in total. The lowest BCUT2D eigenvalue weighted by Crippen LogP contribution is -2.49. The van der Waals surface area contributed by atoms with E-state index in [2.05, 4.69) is 29.9 Å². The zero-order chi connectivity index (χ0) is 13.8. The second-order valence-electron chi connectivity index (χ2n) is 6.08. The number of hydrogen-bond donors (Lipinski definition) is 1. The molecule has 3 nitrogen and oxygen atoms in total. The van der Waals surface area contributed by atoms with Gasteiger partial charge in [-0.1, -0.05) is 6.07 Å². The third-order valence-electron chi connectivity index (χ3n) is 4.88. The summed E-state index contributed by atoms with van der Waals surface area (Å²) in [5.74, 6) is 0.717. The van der Waals surface area contributed by atoms with Gasteiger partial charge in [-0.2, -0.15) is 0 Å². The van der Waals surface area contributed by atoms with Crippen molar-refractivity contribution in [3.8, 4) is 0 Å². The predicted molar refractivity (Wildman–Crippen MR) is 82.3 cm³/mol. The number of likely N-dealkylation sites (N-methyl/N-ethyl adjacent to an activating group) is 1. The molecule has 2 aliphatic heterocycles. The van der Waals surface area contributed by atoms with Gasteiger partial charge in [-0.05, 0) is 56.5 Å². The van der Waals surface area contributed by atoms with Crippen molar-refractivity contribution in [2.24, 2.45) is 5.92 Å². The Kier molecular flexibility index (Phi) is 4.76. The van der Waals surface area contributed by atoms with Crippen molar-refractivity contribution in [2.45, 2.75) is 43.7 Å². The molecule has 2 unspecified atom stereocenters. The molecule has 0 bridgehead atoms. The summed E-state index contributed by atoms with van der Waals surface area (Å²) in [4.78, 5) is 1.48. The third kappa shape index (κ3) is 3.25. The lowest BCUT2D eigenvalue weighted by atomic mass is 9.77. The molecule has 1 aromatic rings. The van der Waals surface area contributed by atoms with Gasteiger partial charge in [0.1, 0.15) is 0 Å². The minimum absolute atomic E-state index is 0.103. The maximum atomic E-state index is 6.16. The molecule has 20 heavy (non-hydrogen) atoms. The van der Waals surface area contributed by atoms with Gasteiger partial charge in [0.15, 0.2) is 0 Å². The molecule has 4 heteroatoms. The van der Waals surface area contributed by atoms with Crippen LogP contribution in [0.25, 0.3) is 0 Å². The molecule has 112 valence electrons. The predicted octanol–water partition coefficient (Wildman–Crippen LogP) is 2.85. The van der Waals surface area contributed by atoms with Crippen LogP contribution in [0.3, 0.4) is 0 Å². The molecule has 2 saturated heterocycles. The van der Waals surface area contributed by atoms with Gasteiger partial charge in [-0.3, -0.25) is 0 Å². The van der Waals surface area contributed by atoms with Gasteiger partial charge in [0.05, 0.1) is 5.60 Å². The number of thiophene rings is 1. The molecule has 1 spiro atoms. The van der Waals surface area contributed by atoms with E-state index in [0.717, 1.165) is 39.1 Å². The Morgan fingerprint density at radius 3 is 2.95 bits per heavy atom. The largest absolute Gasteiger partial charge is 0.381 e. The lowest BCUT2D eigenvalue weighted by molar-refractivity contribution is -0.149. The monoisotopic (exact) mass is 295 g/mol. The van der Waals surface area contributed by atoms with E-state index in [1.165, 1.54) is 17.7 Å². The summed E-state index contributed by atoms with van der Waals surface area (Å²) < 4.78 is 11.7. The molecule has 0 amide bonds. The van der Waals surface area contributed by atoms with Crippen LogP contribution in [0.1, 0.15) is 30.6 Å². The molecule has 2 aliphatic rings. The zero-order valence-electron chi connectivity index (χ0n) is 12.3. The molecular weight excluding hydrogens is 270 g/mol. The minimum Gasteiger partial charge on any atom is -0.381 e. The van der Waals surface area contributed by atoms with Gasteiger partial charge in [0, 0.05) is 30.7 Å².